The van der Waals surface area contributed by atoms with Gasteiger partial charge in [0.05, 0.1) is 16.6 Å². The van der Waals surface area contributed by atoms with Crippen molar-refractivity contribution in [3.8, 4) is 0 Å². The molecule has 4 N–H and O–H groups in total. The minimum Gasteiger partial charge on any atom is -0.399 e. The van der Waals surface area contributed by atoms with Crippen molar-refractivity contribution in [2.24, 2.45) is 0 Å². The third-order valence-corrected chi connectivity index (χ3v) is 2.80. The molecule has 0 aliphatic carbocycles. The molecule has 1 aromatic rings. The third kappa shape index (κ3) is 3.39. The highest BCUT2D eigenvalue weighted by molar-refractivity contribution is 9.09. The second-order valence-corrected chi connectivity index (χ2v) is 4.36. The van der Waals surface area contributed by atoms with E-state index in [0.717, 1.165) is 0 Å². The summed E-state index contributed by atoms with van der Waals surface area (Å²) in [7, 11) is 0. The topological polar surface area (TPSA) is 110 Å². The van der Waals surface area contributed by atoms with E-state index in [1.165, 1.54) is 18.2 Å². The molecule has 0 heterocycles. The van der Waals surface area contributed by atoms with E-state index >= 15 is 0 Å². The first kappa shape index (κ1) is 13.9. The van der Waals surface area contributed by atoms with E-state index in [1.54, 1.807) is 0 Å². The van der Waals surface area contributed by atoms with E-state index in [-0.39, 0.29) is 16.9 Å². The number of rotatable bonds is 5. The molecule has 6 nitrogen and oxygen atoms in total. The molecule has 1 aromatic carbocycles. The van der Waals surface area contributed by atoms with E-state index in [4.69, 9.17) is 5.73 Å². The zero-order valence-corrected chi connectivity index (χ0v) is 10.5. The van der Waals surface area contributed by atoms with Crippen LogP contribution in [-0.4, -0.2) is 26.6 Å². The van der Waals surface area contributed by atoms with Gasteiger partial charge in [-0.25, -0.2) is 0 Å². The molecule has 17 heavy (non-hydrogen) atoms. The Hall–Kier alpha value is -1.18. The molecule has 0 bridgehead atoms. The second-order valence-electron chi connectivity index (χ2n) is 3.57. The van der Waals surface area contributed by atoms with Crippen LogP contribution in [0.3, 0.4) is 0 Å². The molecule has 0 saturated carbocycles. The maximum absolute atomic E-state index is 10.8. The number of nitrogens with zero attached hydrogens (tertiary/aromatic N) is 1. The number of benzene rings is 1. The standard InChI is InChI=1S/C10H13BrN2O4/c11-4-3-9(14)10(15)7-2-1-6(12)5-8(7)13(16)17/h1-2,5,9-10,14-15H,3-4,12H2. The van der Waals surface area contributed by atoms with Crippen LogP contribution in [0, 0.1) is 10.1 Å². The molecule has 0 radical (unpaired) electrons. The van der Waals surface area contributed by atoms with Gasteiger partial charge >= 0.3 is 0 Å². The minimum atomic E-state index is -1.30. The molecular weight excluding hydrogens is 292 g/mol. The smallest absolute Gasteiger partial charge is 0.277 e. The Kier molecular flexibility index (Phi) is 4.86. The number of nitrogen functional groups attached to an aromatic ring is 1. The Labute approximate surface area is 106 Å². The van der Waals surface area contributed by atoms with Crippen LogP contribution in [0.15, 0.2) is 18.2 Å². The van der Waals surface area contributed by atoms with Crippen molar-refractivity contribution in [3.05, 3.63) is 33.9 Å². The summed E-state index contributed by atoms with van der Waals surface area (Å²) in [6.07, 6.45) is -2.06. The zero-order valence-electron chi connectivity index (χ0n) is 8.91. The summed E-state index contributed by atoms with van der Waals surface area (Å²) in [6.45, 7) is 0. The normalized spacial score (nSPS) is 14.3. The largest absolute Gasteiger partial charge is 0.399 e. The fourth-order valence-corrected chi connectivity index (χ4v) is 1.91. The van der Waals surface area contributed by atoms with Crippen molar-refractivity contribution < 1.29 is 15.1 Å². The van der Waals surface area contributed by atoms with Crippen molar-refractivity contribution in [1.82, 2.24) is 0 Å². The van der Waals surface area contributed by atoms with Crippen molar-refractivity contribution >= 4 is 27.3 Å². The first-order valence-corrected chi connectivity index (χ1v) is 6.05. The van der Waals surface area contributed by atoms with E-state index < -0.39 is 17.1 Å². The number of alkyl halides is 1. The molecule has 0 aliphatic heterocycles. The number of anilines is 1. The molecule has 94 valence electrons. The first-order valence-electron chi connectivity index (χ1n) is 4.93. The van der Waals surface area contributed by atoms with Crippen LogP contribution in [0.4, 0.5) is 11.4 Å². The Morgan fingerprint density at radius 3 is 2.65 bits per heavy atom. The van der Waals surface area contributed by atoms with Gasteiger partial charge in [-0.3, -0.25) is 10.1 Å². The molecule has 0 aromatic heterocycles. The number of nitro groups is 1. The van der Waals surface area contributed by atoms with Gasteiger partial charge in [0.25, 0.3) is 5.69 Å². The van der Waals surface area contributed by atoms with Gasteiger partial charge in [-0.15, -0.1) is 0 Å². The average molecular weight is 305 g/mol. The number of nitro benzene ring substituents is 1. The molecule has 0 amide bonds. The lowest BCUT2D eigenvalue weighted by molar-refractivity contribution is -0.386. The lowest BCUT2D eigenvalue weighted by atomic mass is 10.0. The fraction of sp³-hybridized carbons (Fsp3) is 0.400. The summed E-state index contributed by atoms with van der Waals surface area (Å²) in [5.41, 5.74) is 5.46. The van der Waals surface area contributed by atoms with Crippen LogP contribution < -0.4 is 5.73 Å². The predicted octanol–water partition coefficient (Wildman–Crippen LogP) is 1.36. The van der Waals surface area contributed by atoms with Crippen LogP contribution in [0.25, 0.3) is 0 Å². The summed E-state index contributed by atoms with van der Waals surface area (Å²) in [4.78, 5) is 10.2. The maximum atomic E-state index is 10.8. The summed E-state index contributed by atoms with van der Waals surface area (Å²) in [5, 5.41) is 30.7. The minimum absolute atomic E-state index is 0.0673. The zero-order chi connectivity index (χ0) is 13.0. The van der Waals surface area contributed by atoms with Crippen LogP contribution in [0.2, 0.25) is 0 Å². The monoisotopic (exact) mass is 304 g/mol. The van der Waals surface area contributed by atoms with Crippen molar-refractivity contribution in [2.45, 2.75) is 18.6 Å². The number of hydrogen-bond acceptors (Lipinski definition) is 5. The van der Waals surface area contributed by atoms with Gasteiger partial charge in [-0.2, -0.15) is 0 Å². The van der Waals surface area contributed by atoms with Crippen molar-refractivity contribution in [3.63, 3.8) is 0 Å². The van der Waals surface area contributed by atoms with Gasteiger partial charge in [0, 0.05) is 17.1 Å². The lowest BCUT2D eigenvalue weighted by Crippen LogP contribution is -2.19. The van der Waals surface area contributed by atoms with Crippen molar-refractivity contribution in [2.75, 3.05) is 11.1 Å². The molecule has 7 heteroatoms. The molecule has 0 aliphatic rings. The first-order chi connectivity index (χ1) is 7.97. The predicted molar refractivity (Wildman–Crippen MR) is 66.9 cm³/mol. The van der Waals surface area contributed by atoms with Gasteiger partial charge in [0.15, 0.2) is 0 Å². The average Bonchev–Trinajstić information content (AvgIpc) is 2.28. The van der Waals surface area contributed by atoms with Gasteiger partial charge in [-0.05, 0) is 18.6 Å². The molecule has 1 rings (SSSR count). The summed E-state index contributed by atoms with van der Waals surface area (Å²) in [6, 6.07) is 3.97. The molecule has 0 fully saturated rings. The number of aliphatic hydroxyl groups is 2. The van der Waals surface area contributed by atoms with E-state index in [2.05, 4.69) is 15.9 Å². The Morgan fingerprint density at radius 2 is 2.12 bits per heavy atom. The molecule has 0 spiro atoms. The van der Waals surface area contributed by atoms with Gasteiger partial charge < -0.3 is 15.9 Å². The lowest BCUT2D eigenvalue weighted by Gasteiger charge is -2.17. The van der Waals surface area contributed by atoms with Crippen LogP contribution in [0.1, 0.15) is 18.1 Å². The Bertz CT molecular complexity index is 413. The molecule has 2 atom stereocenters. The highest BCUT2D eigenvalue weighted by Gasteiger charge is 2.25. The van der Waals surface area contributed by atoms with Crippen LogP contribution in [0.5, 0.6) is 0 Å². The number of aliphatic hydroxyl groups excluding tert-OH is 2. The van der Waals surface area contributed by atoms with Gasteiger partial charge in [0.1, 0.15) is 6.10 Å². The highest BCUT2D eigenvalue weighted by atomic mass is 79.9. The molecule has 0 saturated heterocycles. The molecule has 2 unspecified atom stereocenters. The third-order valence-electron chi connectivity index (χ3n) is 2.34. The van der Waals surface area contributed by atoms with Crippen LogP contribution in [-0.2, 0) is 0 Å². The number of hydrogen-bond donors (Lipinski definition) is 3. The fourth-order valence-electron chi connectivity index (χ4n) is 1.45. The Morgan fingerprint density at radius 1 is 1.47 bits per heavy atom. The second kappa shape index (κ2) is 5.95. The highest BCUT2D eigenvalue weighted by Crippen LogP contribution is 2.30. The number of halogens is 1. The van der Waals surface area contributed by atoms with Crippen LogP contribution >= 0.6 is 15.9 Å². The summed E-state index contributed by atoms with van der Waals surface area (Å²) < 4.78 is 0. The van der Waals surface area contributed by atoms with E-state index in [0.29, 0.717) is 11.8 Å². The van der Waals surface area contributed by atoms with Gasteiger partial charge in [0.2, 0.25) is 0 Å². The Balaban J connectivity index is 3.08. The number of nitrogens with two attached hydrogens (primary N) is 1. The van der Waals surface area contributed by atoms with E-state index in [1.807, 2.05) is 0 Å². The summed E-state index contributed by atoms with van der Waals surface area (Å²) >= 11 is 3.12. The van der Waals surface area contributed by atoms with E-state index in [9.17, 15) is 20.3 Å². The quantitative estimate of drug-likeness (QED) is 0.329. The van der Waals surface area contributed by atoms with Gasteiger partial charge in [-0.1, -0.05) is 15.9 Å². The molecular formula is C10H13BrN2O4. The summed E-state index contributed by atoms with van der Waals surface area (Å²) in [5.74, 6) is 0. The maximum Gasteiger partial charge on any atom is 0.277 e. The SMILES string of the molecule is Nc1ccc(C(O)C(O)CCBr)c([N+](=O)[O-])c1. The van der Waals surface area contributed by atoms with Crippen molar-refractivity contribution in [1.29, 1.82) is 0 Å².